The van der Waals surface area contributed by atoms with Crippen LogP contribution < -0.4 is 10.9 Å². The first-order valence-corrected chi connectivity index (χ1v) is 11.6. The van der Waals surface area contributed by atoms with E-state index >= 15 is 0 Å². The summed E-state index contributed by atoms with van der Waals surface area (Å²) in [5.74, 6) is -0.987. The molecule has 190 valence electrons. The Labute approximate surface area is 204 Å². The average molecular weight is 503 g/mol. The Morgan fingerprint density at radius 2 is 1.97 bits per heavy atom. The Balaban J connectivity index is 1.36. The molecule has 1 atom stereocenters. The standard InChI is InChI=1S/C23H25F3N8O2/c1-13-10-17(31-22(28-13)27-4-5-34-6-8-36-9-7-34)19-12-15(21(35)33-32-19)20-29-16-3-2-14(23(24,25)26)11-18(16)30-20/h2-3,10,12,14H,4-9,11H2,1H3,(H,29,30)(H,33,35)(H,27,28,31). The van der Waals surface area contributed by atoms with Gasteiger partial charge in [-0.25, -0.2) is 20.1 Å². The summed E-state index contributed by atoms with van der Waals surface area (Å²) in [4.78, 5) is 31.0. The van der Waals surface area contributed by atoms with E-state index in [4.69, 9.17) is 4.74 Å². The number of hydrogen-bond acceptors (Lipinski definition) is 8. The number of aromatic amines is 2. The van der Waals surface area contributed by atoms with E-state index in [9.17, 15) is 18.0 Å². The highest BCUT2D eigenvalue weighted by molar-refractivity contribution is 5.66. The van der Waals surface area contributed by atoms with Gasteiger partial charge in [0.1, 0.15) is 11.5 Å². The smallest absolute Gasteiger partial charge is 0.379 e. The van der Waals surface area contributed by atoms with E-state index in [1.54, 1.807) is 6.07 Å². The number of morpholine rings is 1. The van der Waals surface area contributed by atoms with E-state index in [-0.39, 0.29) is 17.8 Å². The number of ether oxygens (including phenoxy) is 1. The molecule has 1 aliphatic heterocycles. The summed E-state index contributed by atoms with van der Waals surface area (Å²) < 4.78 is 44.8. The van der Waals surface area contributed by atoms with Crippen molar-refractivity contribution in [3.63, 3.8) is 0 Å². The Kier molecular flexibility index (Phi) is 6.58. The molecule has 4 heterocycles. The number of halogens is 3. The van der Waals surface area contributed by atoms with Gasteiger partial charge in [0.25, 0.3) is 5.56 Å². The molecule has 13 heteroatoms. The number of aromatic nitrogens is 6. The number of rotatable bonds is 6. The van der Waals surface area contributed by atoms with E-state index in [0.717, 1.165) is 38.9 Å². The fraction of sp³-hybridized carbons (Fsp3) is 0.435. The molecule has 1 aliphatic carbocycles. The molecule has 5 rings (SSSR count). The van der Waals surface area contributed by atoms with Gasteiger partial charge in [-0.2, -0.15) is 18.3 Å². The van der Waals surface area contributed by atoms with Gasteiger partial charge >= 0.3 is 6.18 Å². The Hall–Kier alpha value is -3.58. The lowest BCUT2D eigenvalue weighted by Gasteiger charge is -2.26. The Bertz CT molecular complexity index is 1330. The minimum absolute atomic E-state index is 0.157. The number of allylic oxidation sites excluding steroid dienone is 1. The summed E-state index contributed by atoms with van der Waals surface area (Å²) in [6.45, 7) is 6.52. The van der Waals surface area contributed by atoms with Crippen molar-refractivity contribution in [3.8, 4) is 22.8 Å². The highest BCUT2D eigenvalue weighted by atomic mass is 19.4. The first-order chi connectivity index (χ1) is 17.3. The number of hydrogen-bond donors (Lipinski definition) is 3. The molecular formula is C23H25F3N8O2. The molecule has 0 radical (unpaired) electrons. The first kappa shape index (κ1) is 24.1. The molecule has 1 unspecified atom stereocenters. The summed E-state index contributed by atoms with van der Waals surface area (Å²) in [6.07, 6.45) is -2.19. The van der Waals surface area contributed by atoms with Gasteiger partial charge in [0.05, 0.1) is 36.1 Å². The number of imidazole rings is 1. The minimum atomic E-state index is -4.35. The predicted octanol–water partition coefficient (Wildman–Crippen LogP) is 2.42. The van der Waals surface area contributed by atoms with Crippen molar-refractivity contribution in [1.82, 2.24) is 35.0 Å². The van der Waals surface area contributed by atoms with E-state index in [1.165, 1.54) is 12.1 Å². The third kappa shape index (κ3) is 5.31. The topological polar surface area (TPSA) is 125 Å². The minimum Gasteiger partial charge on any atom is -0.379 e. The van der Waals surface area contributed by atoms with E-state index in [2.05, 4.69) is 40.3 Å². The maximum absolute atomic E-state index is 13.1. The monoisotopic (exact) mass is 502 g/mol. The molecule has 2 aliphatic rings. The fourth-order valence-corrected chi connectivity index (χ4v) is 4.21. The van der Waals surface area contributed by atoms with Crippen molar-refractivity contribution in [1.29, 1.82) is 0 Å². The second-order valence-corrected chi connectivity index (χ2v) is 8.76. The molecule has 0 bridgehead atoms. The molecule has 0 aromatic carbocycles. The zero-order chi connectivity index (χ0) is 25.3. The molecule has 1 fully saturated rings. The number of alkyl halides is 3. The lowest BCUT2D eigenvalue weighted by atomic mass is 9.96. The molecule has 0 saturated carbocycles. The van der Waals surface area contributed by atoms with Crippen LogP contribution in [0, 0.1) is 12.8 Å². The molecule has 0 spiro atoms. The number of H-pyrrole nitrogens is 2. The molecule has 10 nitrogen and oxygen atoms in total. The molecule has 36 heavy (non-hydrogen) atoms. The van der Waals surface area contributed by atoms with Crippen LogP contribution in [0.4, 0.5) is 19.1 Å². The molecule has 3 aromatic rings. The lowest BCUT2D eigenvalue weighted by molar-refractivity contribution is -0.160. The van der Waals surface area contributed by atoms with Gasteiger partial charge in [0.2, 0.25) is 5.95 Å². The molecule has 3 aromatic heterocycles. The van der Waals surface area contributed by atoms with Crippen LogP contribution in [0.5, 0.6) is 0 Å². The van der Waals surface area contributed by atoms with Gasteiger partial charge < -0.3 is 15.0 Å². The first-order valence-electron chi connectivity index (χ1n) is 11.6. The highest BCUT2D eigenvalue weighted by Crippen LogP contribution is 2.35. The van der Waals surface area contributed by atoms with Gasteiger partial charge in [0, 0.05) is 44.0 Å². The normalized spacial score (nSPS) is 18.3. The van der Waals surface area contributed by atoms with Gasteiger partial charge in [-0.05, 0) is 25.1 Å². The summed E-state index contributed by atoms with van der Waals surface area (Å²) in [5.41, 5.74) is 1.93. The second kappa shape index (κ2) is 9.82. The Morgan fingerprint density at radius 3 is 2.75 bits per heavy atom. The highest BCUT2D eigenvalue weighted by Gasteiger charge is 2.40. The average Bonchev–Trinajstić information content (AvgIpc) is 3.27. The molecule has 3 N–H and O–H groups in total. The van der Waals surface area contributed by atoms with E-state index in [0.29, 0.717) is 41.0 Å². The van der Waals surface area contributed by atoms with Crippen LogP contribution in [0.15, 0.2) is 23.0 Å². The van der Waals surface area contributed by atoms with Crippen molar-refractivity contribution in [2.75, 3.05) is 44.7 Å². The maximum Gasteiger partial charge on any atom is 0.395 e. The van der Waals surface area contributed by atoms with Crippen molar-refractivity contribution in [2.24, 2.45) is 5.92 Å². The Morgan fingerprint density at radius 1 is 1.17 bits per heavy atom. The van der Waals surface area contributed by atoms with Gasteiger partial charge in [-0.3, -0.25) is 9.69 Å². The van der Waals surface area contributed by atoms with Crippen LogP contribution in [-0.4, -0.2) is 80.6 Å². The zero-order valence-corrected chi connectivity index (χ0v) is 19.5. The molecule has 0 amide bonds. The zero-order valence-electron chi connectivity index (χ0n) is 19.5. The van der Waals surface area contributed by atoms with E-state index < -0.39 is 17.7 Å². The largest absolute Gasteiger partial charge is 0.395 e. The van der Waals surface area contributed by atoms with E-state index in [1.807, 2.05) is 6.92 Å². The van der Waals surface area contributed by atoms with Crippen LogP contribution in [-0.2, 0) is 11.2 Å². The van der Waals surface area contributed by atoms with Crippen LogP contribution in [0.25, 0.3) is 28.9 Å². The van der Waals surface area contributed by atoms with Crippen molar-refractivity contribution in [2.45, 2.75) is 19.5 Å². The summed E-state index contributed by atoms with van der Waals surface area (Å²) >= 11 is 0. The second-order valence-electron chi connectivity index (χ2n) is 8.76. The number of nitrogens with one attached hydrogen (secondary N) is 3. The fourth-order valence-electron chi connectivity index (χ4n) is 4.21. The van der Waals surface area contributed by atoms with Crippen molar-refractivity contribution < 1.29 is 17.9 Å². The summed E-state index contributed by atoms with van der Waals surface area (Å²) in [7, 11) is 0. The summed E-state index contributed by atoms with van der Waals surface area (Å²) in [6, 6.07) is 3.26. The van der Waals surface area contributed by atoms with Gasteiger partial charge in [-0.15, -0.1) is 0 Å². The number of nitrogens with zero attached hydrogens (tertiary/aromatic N) is 5. The molecule has 1 saturated heterocycles. The SMILES string of the molecule is Cc1cc(-c2cc(-c3nc4c([nH]3)CC(C(F)(F)F)C=C4)c(=O)[nH]n2)nc(NCCN2CCOCC2)n1. The number of fused-ring (bicyclic) bond motifs is 1. The lowest BCUT2D eigenvalue weighted by Crippen LogP contribution is -2.39. The summed E-state index contributed by atoms with van der Waals surface area (Å²) in [5, 5.41) is 9.78. The van der Waals surface area contributed by atoms with Crippen molar-refractivity contribution >= 4 is 12.0 Å². The van der Waals surface area contributed by atoms with Crippen LogP contribution >= 0.6 is 0 Å². The number of anilines is 1. The molecular weight excluding hydrogens is 477 g/mol. The van der Waals surface area contributed by atoms with Crippen LogP contribution in [0.1, 0.15) is 17.1 Å². The van der Waals surface area contributed by atoms with Crippen molar-refractivity contribution in [3.05, 3.63) is 45.6 Å². The third-order valence-electron chi connectivity index (χ3n) is 6.13. The van der Waals surface area contributed by atoms with Gasteiger partial charge in [0.15, 0.2) is 0 Å². The maximum atomic E-state index is 13.1. The number of aryl methyl sites for hydroxylation is 1. The quantitative estimate of drug-likeness (QED) is 0.470. The predicted molar refractivity (Wildman–Crippen MR) is 126 cm³/mol. The van der Waals surface area contributed by atoms with Crippen LogP contribution in [0.2, 0.25) is 0 Å². The van der Waals surface area contributed by atoms with Crippen LogP contribution in [0.3, 0.4) is 0 Å². The third-order valence-corrected chi connectivity index (χ3v) is 6.13. The van der Waals surface area contributed by atoms with Gasteiger partial charge in [-0.1, -0.05) is 6.08 Å².